The largest absolute Gasteiger partial charge is 0.490 e. The van der Waals surface area contributed by atoms with Gasteiger partial charge in [-0.05, 0) is 50.7 Å². The summed E-state index contributed by atoms with van der Waals surface area (Å²) < 4.78 is 11.4. The zero-order valence-electron chi connectivity index (χ0n) is 14.3. The Bertz CT molecular complexity index is 604. The number of amides is 1. The number of hydrogen-bond acceptors (Lipinski definition) is 4. The van der Waals surface area contributed by atoms with Crippen LogP contribution in [0.1, 0.15) is 48.9 Å². The maximum atomic E-state index is 12.6. The molecule has 136 valence electrons. The molecule has 0 spiro atoms. The average molecular weight is 347 g/mol. The van der Waals surface area contributed by atoms with Crippen molar-refractivity contribution in [2.45, 2.75) is 50.7 Å². The Kier molecular flexibility index (Phi) is 5.91. The van der Waals surface area contributed by atoms with E-state index in [1.165, 1.54) is 0 Å². The van der Waals surface area contributed by atoms with Gasteiger partial charge in [-0.3, -0.25) is 9.59 Å². The van der Waals surface area contributed by atoms with Crippen LogP contribution in [-0.4, -0.2) is 42.3 Å². The molecule has 0 unspecified atom stereocenters. The molecule has 0 aromatic heterocycles. The topological polar surface area (TPSA) is 84.9 Å². The highest BCUT2D eigenvalue weighted by Crippen LogP contribution is 2.26. The summed E-state index contributed by atoms with van der Waals surface area (Å²) in [7, 11) is 0. The first-order valence-corrected chi connectivity index (χ1v) is 9.00. The second kappa shape index (κ2) is 8.34. The lowest BCUT2D eigenvalue weighted by molar-refractivity contribution is -0.142. The summed E-state index contributed by atoms with van der Waals surface area (Å²) in [6.07, 6.45) is 4.75. The first-order chi connectivity index (χ1) is 12.1. The number of hydrogen-bond donors (Lipinski definition) is 2. The lowest BCUT2D eigenvalue weighted by Gasteiger charge is -2.27. The lowest BCUT2D eigenvalue weighted by Crippen LogP contribution is -2.38. The SMILES string of the molecule is O=C(NC1CCC(C(=O)O)CC1)c1ccccc1OC[C@H]1CCCO1. The third kappa shape index (κ3) is 4.72. The standard InChI is InChI=1S/C19H25NO5/c21-18(20-14-9-7-13(8-10-14)19(22)23)16-5-1-2-6-17(16)25-12-15-4-3-11-24-15/h1-2,5-6,13-15H,3-4,7-12H2,(H,20,21)(H,22,23)/t13?,14?,15-/m1/s1. The van der Waals surface area contributed by atoms with Crippen molar-refractivity contribution in [3.63, 3.8) is 0 Å². The summed E-state index contributed by atoms with van der Waals surface area (Å²) in [5.74, 6) is -0.621. The first-order valence-electron chi connectivity index (χ1n) is 9.00. The minimum absolute atomic E-state index is 0.0225. The van der Waals surface area contributed by atoms with Crippen molar-refractivity contribution in [3.8, 4) is 5.75 Å². The molecule has 2 N–H and O–H groups in total. The van der Waals surface area contributed by atoms with E-state index in [0.717, 1.165) is 19.4 Å². The van der Waals surface area contributed by atoms with Crippen LogP contribution < -0.4 is 10.1 Å². The molecule has 3 rings (SSSR count). The van der Waals surface area contributed by atoms with Gasteiger partial charge in [0, 0.05) is 12.6 Å². The van der Waals surface area contributed by atoms with Crippen LogP contribution in [0, 0.1) is 5.92 Å². The molecular weight excluding hydrogens is 322 g/mol. The number of nitrogens with one attached hydrogen (secondary N) is 1. The molecular formula is C19H25NO5. The van der Waals surface area contributed by atoms with Crippen molar-refractivity contribution < 1.29 is 24.2 Å². The van der Waals surface area contributed by atoms with Crippen molar-refractivity contribution in [1.29, 1.82) is 0 Å². The van der Waals surface area contributed by atoms with Crippen LogP contribution in [0.5, 0.6) is 5.75 Å². The number of benzene rings is 1. The van der Waals surface area contributed by atoms with E-state index < -0.39 is 5.97 Å². The minimum atomic E-state index is -0.738. The zero-order chi connectivity index (χ0) is 17.6. The van der Waals surface area contributed by atoms with Gasteiger partial charge >= 0.3 is 5.97 Å². The van der Waals surface area contributed by atoms with E-state index >= 15 is 0 Å². The molecule has 1 atom stereocenters. The second-order valence-corrected chi connectivity index (χ2v) is 6.80. The Labute approximate surface area is 147 Å². The van der Waals surface area contributed by atoms with Crippen molar-refractivity contribution in [2.75, 3.05) is 13.2 Å². The molecule has 0 radical (unpaired) electrons. The number of para-hydroxylation sites is 1. The predicted molar refractivity (Wildman–Crippen MR) is 91.8 cm³/mol. The Morgan fingerprint density at radius 1 is 1.16 bits per heavy atom. The van der Waals surface area contributed by atoms with Gasteiger partial charge in [-0.25, -0.2) is 0 Å². The Hall–Kier alpha value is -2.08. The van der Waals surface area contributed by atoms with Gasteiger partial charge in [0.15, 0.2) is 0 Å². The quantitative estimate of drug-likeness (QED) is 0.826. The number of aliphatic carboxylic acids is 1. The van der Waals surface area contributed by atoms with Crippen LogP contribution in [0.25, 0.3) is 0 Å². The molecule has 6 nitrogen and oxygen atoms in total. The highest BCUT2D eigenvalue weighted by molar-refractivity contribution is 5.97. The van der Waals surface area contributed by atoms with E-state index in [-0.39, 0.29) is 24.0 Å². The smallest absolute Gasteiger partial charge is 0.306 e. The van der Waals surface area contributed by atoms with Crippen molar-refractivity contribution in [2.24, 2.45) is 5.92 Å². The van der Waals surface area contributed by atoms with Gasteiger partial charge in [0.2, 0.25) is 0 Å². The Morgan fingerprint density at radius 2 is 1.92 bits per heavy atom. The van der Waals surface area contributed by atoms with Crippen LogP contribution in [-0.2, 0) is 9.53 Å². The van der Waals surface area contributed by atoms with Crippen molar-refractivity contribution in [3.05, 3.63) is 29.8 Å². The monoisotopic (exact) mass is 347 g/mol. The van der Waals surface area contributed by atoms with E-state index in [1.807, 2.05) is 12.1 Å². The summed E-state index contributed by atoms with van der Waals surface area (Å²) in [5, 5.41) is 12.1. The number of carbonyl (C=O) groups is 2. The fourth-order valence-corrected chi connectivity index (χ4v) is 3.49. The number of ether oxygens (including phenoxy) is 2. The highest BCUT2D eigenvalue weighted by Gasteiger charge is 2.27. The normalized spacial score (nSPS) is 26.2. The highest BCUT2D eigenvalue weighted by atomic mass is 16.5. The third-order valence-corrected chi connectivity index (χ3v) is 4.99. The van der Waals surface area contributed by atoms with Gasteiger partial charge < -0.3 is 19.9 Å². The predicted octanol–water partition coefficient (Wildman–Crippen LogP) is 2.62. The van der Waals surface area contributed by atoms with Gasteiger partial charge in [0.25, 0.3) is 5.91 Å². The summed E-state index contributed by atoms with van der Waals surface area (Å²) >= 11 is 0. The van der Waals surface area contributed by atoms with E-state index in [9.17, 15) is 9.59 Å². The van der Waals surface area contributed by atoms with E-state index in [2.05, 4.69) is 5.32 Å². The summed E-state index contributed by atoms with van der Waals surface area (Å²) in [6, 6.07) is 7.23. The van der Waals surface area contributed by atoms with Gasteiger partial charge in [-0.2, -0.15) is 0 Å². The molecule has 1 aromatic rings. The maximum Gasteiger partial charge on any atom is 0.306 e. The molecule has 1 aliphatic heterocycles. The van der Waals surface area contributed by atoms with E-state index in [0.29, 0.717) is 43.6 Å². The molecule has 6 heteroatoms. The molecule has 1 amide bonds. The van der Waals surface area contributed by atoms with Gasteiger partial charge in [0.1, 0.15) is 12.4 Å². The van der Waals surface area contributed by atoms with Gasteiger partial charge in [-0.1, -0.05) is 12.1 Å². The molecule has 1 saturated heterocycles. The molecule has 1 saturated carbocycles. The molecule has 1 aliphatic carbocycles. The molecule has 1 aromatic carbocycles. The summed E-state index contributed by atoms with van der Waals surface area (Å²) in [5.41, 5.74) is 0.515. The number of carboxylic acids is 1. The number of rotatable bonds is 6. The van der Waals surface area contributed by atoms with E-state index in [4.69, 9.17) is 14.6 Å². The number of carboxylic acid groups (broad SMARTS) is 1. The van der Waals surface area contributed by atoms with Crippen molar-refractivity contribution >= 4 is 11.9 Å². The summed E-state index contributed by atoms with van der Waals surface area (Å²) in [6.45, 7) is 1.23. The second-order valence-electron chi connectivity index (χ2n) is 6.80. The summed E-state index contributed by atoms with van der Waals surface area (Å²) in [4.78, 5) is 23.6. The van der Waals surface area contributed by atoms with Gasteiger partial charge in [-0.15, -0.1) is 0 Å². The zero-order valence-corrected chi connectivity index (χ0v) is 14.3. The van der Waals surface area contributed by atoms with Crippen LogP contribution in [0.2, 0.25) is 0 Å². The molecule has 2 fully saturated rings. The number of carbonyl (C=O) groups excluding carboxylic acids is 1. The average Bonchev–Trinajstić information content (AvgIpc) is 3.14. The fraction of sp³-hybridized carbons (Fsp3) is 0.579. The fourth-order valence-electron chi connectivity index (χ4n) is 3.49. The minimum Gasteiger partial charge on any atom is -0.490 e. The Morgan fingerprint density at radius 3 is 2.60 bits per heavy atom. The molecule has 1 heterocycles. The Balaban J connectivity index is 1.55. The third-order valence-electron chi connectivity index (χ3n) is 4.99. The lowest BCUT2D eigenvalue weighted by atomic mass is 9.86. The van der Waals surface area contributed by atoms with Crippen LogP contribution >= 0.6 is 0 Å². The molecule has 25 heavy (non-hydrogen) atoms. The van der Waals surface area contributed by atoms with Crippen LogP contribution in [0.15, 0.2) is 24.3 Å². The van der Waals surface area contributed by atoms with E-state index in [1.54, 1.807) is 12.1 Å². The maximum absolute atomic E-state index is 12.6. The molecule has 2 aliphatic rings. The van der Waals surface area contributed by atoms with Crippen molar-refractivity contribution in [1.82, 2.24) is 5.32 Å². The van der Waals surface area contributed by atoms with Gasteiger partial charge in [0.05, 0.1) is 17.6 Å². The molecule has 0 bridgehead atoms. The van der Waals surface area contributed by atoms with Crippen LogP contribution in [0.3, 0.4) is 0 Å². The van der Waals surface area contributed by atoms with Crippen LogP contribution in [0.4, 0.5) is 0 Å². The first kappa shape index (κ1) is 17.7.